The van der Waals surface area contributed by atoms with E-state index in [4.69, 9.17) is 4.98 Å². The molecular weight excluding hydrogens is 300 g/mol. The Kier molecular flexibility index (Phi) is 3.92. The minimum Gasteiger partial charge on any atom is -0.345 e. The highest BCUT2D eigenvalue weighted by atomic mass is 16.2. The van der Waals surface area contributed by atoms with Gasteiger partial charge < -0.3 is 9.80 Å². The van der Waals surface area contributed by atoms with E-state index in [1.165, 1.54) is 18.4 Å². The van der Waals surface area contributed by atoms with Gasteiger partial charge in [-0.2, -0.15) is 0 Å². The van der Waals surface area contributed by atoms with E-state index in [0.717, 1.165) is 30.4 Å². The van der Waals surface area contributed by atoms with Crippen molar-refractivity contribution in [3.8, 4) is 0 Å². The molecule has 1 amide bonds. The third-order valence-electron chi connectivity index (χ3n) is 4.66. The van der Waals surface area contributed by atoms with Crippen molar-refractivity contribution >= 4 is 11.7 Å². The van der Waals surface area contributed by atoms with Gasteiger partial charge in [-0.15, -0.1) is 0 Å². The van der Waals surface area contributed by atoms with E-state index in [9.17, 15) is 4.79 Å². The molecule has 5 nitrogen and oxygen atoms in total. The molecule has 2 aliphatic rings. The zero-order chi connectivity index (χ0) is 16.5. The first kappa shape index (κ1) is 15.1. The summed E-state index contributed by atoms with van der Waals surface area (Å²) < 4.78 is 0. The van der Waals surface area contributed by atoms with Crippen molar-refractivity contribution in [2.45, 2.75) is 32.2 Å². The lowest BCUT2D eigenvalue weighted by Gasteiger charge is -2.35. The maximum Gasteiger partial charge on any atom is 0.242 e. The Bertz CT molecular complexity index is 742. The summed E-state index contributed by atoms with van der Waals surface area (Å²) in [6.07, 6.45) is 2.37. The van der Waals surface area contributed by atoms with Crippen molar-refractivity contribution < 1.29 is 4.79 Å². The normalized spacial score (nSPS) is 18.1. The van der Waals surface area contributed by atoms with Crippen LogP contribution in [0.5, 0.6) is 0 Å². The Morgan fingerprint density at radius 1 is 1.12 bits per heavy atom. The van der Waals surface area contributed by atoms with E-state index in [2.05, 4.69) is 22.0 Å². The van der Waals surface area contributed by atoms with Crippen molar-refractivity contribution in [3.05, 3.63) is 53.5 Å². The summed E-state index contributed by atoms with van der Waals surface area (Å²) in [6.45, 7) is 4.64. The summed E-state index contributed by atoms with van der Waals surface area (Å²) in [7, 11) is 0. The Labute approximate surface area is 142 Å². The smallest absolute Gasteiger partial charge is 0.242 e. The maximum absolute atomic E-state index is 12.5. The summed E-state index contributed by atoms with van der Waals surface area (Å²) in [4.78, 5) is 25.8. The van der Waals surface area contributed by atoms with Crippen molar-refractivity contribution in [1.29, 1.82) is 0 Å². The molecule has 24 heavy (non-hydrogen) atoms. The number of hydrogen-bond acceptors (Lipinski definition) is 4. The van der Waals surface area contributed by atoms with Crippen LogP contribution in [0.1, 0.15) is 35.8 Å². The molecule has 1 aromatic heterocycles. The minimum atomic E-state index is 0.161. The lowest BCUT2D eigenvalue weighted by Crippen LogP contribution is -2.50. The number of benzene rings is 1. The average Bonchev–Trinajstić information content (AvgIpc) is 3.42. The lowest BCUT2D eigenvalue weighted by atomic mass is 10.2. The number of piperazine rings is 1. The van der Waals surface area contributed by atoms with E-state index in [-0.39, 0.29) is 5.91 Å². The first-order valence-corrected chi connectivity index (χ1v) is 8.61. The van der Waals surface area contributed by atoms with Crippen LogP contribution in [0.4, 0.5) is 5.82 Å². The summed E-state index contributed by atoms with van der Waals surface area (Å²) in [5.74, 6) is 2.54. The van der Waals surface area contributed by atoms with Gasteiger partial charge in [0, 0.05) is 37.3 Å². The third kappa shape index (κ3) is 3.25. The molecule has 2 heterocycles. The molecule has 1 aromatic carbocycles. The second kappa shape index (κ2) is 6.23. The molecule has 5 heteroatoms. The minimum absolute atomic E-state index is 0.161. The molecule has 1 saturated carbocycles. The summed E-state index contributed by atoms with van der Waals surface area (Å²) in [5.41, 5.74) is 2.16. The molecule has 0 bridgehead atoms. The fourth-order valence-corrected chi connectivity index (χ4v) is 3.14. The molecule has 0 N–H and O–H groups in total. The van der Waals surface area contributed by atoms with Crippen LogP contribution >= 0.6 is 0 Å². The van der Waals surface area contributed by atoms with Crippen LogP contribution in [-0.2, 0) is 11.3 Å². The molecule has 2 aromatic rings. The Morgan fingerprint density at radius 2 is 1.92 bits per heavy atom. The average molecular weight is 322 g/mol. The number of aryl methyl sites for hydroxylation is 1. The van der Waals surface area contributed by atoms with Crippen LogP contribution in [-0.4, -0.2) is 40.4 Å². The Hall–Kier alpha value is -2.43. The topological polar surface area (TPSA) is 49.3 Å². The lowest BCUT2D eigenvalue weighted by molar-refractivity contribution is -0.131. The van der Waals surface area contributed by atoms with Gasteiger partial charge in [-0.3, -0.25) is 4.79 Å². The SMILES string of the molecule is Cc1cc(N2CCN(Cc3ccccc3)C(=O)C2)nc(C2CC2)n1. The zero-order valence-electron chi connectivity index (χ0n) is 14.0. The number of carbonyl (C=O) groups is 1. The monoisotopic (exact) mass is 322 g/mol. The van der Waals surface area contributed by atoms with Gasteiger partial charge in [0.15, 0.2) is 0 Å². The number of aromatic nitrogens is 2. The van der Waals surface area contributed by atoms with Crippen LogP contribution in [0, 0.1) is 6.92 Å². The van der Waals surface area contributed by atoms with Crippen LogP contribution < -0.4 is 4.90 Å². The molecule has 1 saturated heterocycles. The number of hydrogen-bond donors (Lipinski definition) is 0. The second-order valence-electron chi connectivity index (χ2n) is 6.72. The van der Waals surface area contributed by atoms with Gasteiger partial charge in [0.2, 0.25) is 5.91 Å². The molecule has 1 aliphatic carbocycles. The molecule has 1 aliphatic heterocycles. The van der Waals surface area contributed by atoms with Gasteiger partial charge in [0.25, 0.3) is 0 Å². The molecule has 0 spiro atoms. The van der Waals surface area contributed by atoms with Gasteiger partial charge in [-0.1, -0.05) is 30.3 Å². The molecule has 0 radical (unpaired) electrons. The quantitative estimate of drug-likeness (QED) is 0.868. The fourth-order valence-electron chi connectivity index (χ4n) is 3.14. The predicted octanol–water partition coefficient (Wildman–Crippen LogP) is 2.51. The zero-order valence-corrected chi connectivity index (χ0v) is 14.0. The van der Waals surface area contributed by atoms with Gasteiger partial charge in [-0.05, 0) is 25.3 Å². The van der Waals surface area contributed by atoms with E-state index in [1.54, 1.807) is 0 Å². The fraction of sp³-hybridized carbons (Fsp3) is 0.421. The van der Waals surface area contributed by atoms with E-state index < -0.39 is 0 Å². The first-order chi connectivity index (χ1) is 11.7. The van der Waals surface area contributed by atoms with Gasteiger partial charge in [0.05, 0.1) is 6.54 Å². The first-order valence-electron chi connectivity index (χ1n) is 8.61. The predicted molar refractivity (Wildman–Crippen MR) is 92.8 cm³/mol. The summed E-state index contributed by atoms with van der Waals surface area (Å²) >= 11 is 0. The highest BCUT2D eigenvalue weighted by Crippen LogP contribution is 2.38. The van der Waals surface area contributed by atoms with E-state index >= 15 is 0 Å². The van der Waals surface area contributed by atoms with Crippen molar-refractivity contribution in [1.82, 2.24) is 14.9 Å². The summed E-state index contributed by atoms with van der Waals surface area (Å²) in [5, 5.41) is 0. The van der Waals surface area contributed by atoms with Crippen LogP contribution in [0.15, 0.2) is 36.4 Å². The number of amides is 1. The number of anilines is 1. The van der Waals surface area contributed by atoms with Gasteiger partial charge in [0.1, 0.15) is 11.6 Å². The number of nitrogens with zero attached hydrogens (tertiary/aromatic N) is 4. The standard InChI is InChI=1S/C19H22N4O/c1-14-11-17(21-19(20-14)16-7-8-16)22-9-10-23(18(24)13-22)12-15-5-3-2-4-6-15/h2-6,11,16H,7-10,12-13H2,1H3. The molecule has 124 valence electrons. The van der Waals surface area contributed by atoms with Crippen LogP contribution in [0.25, 0.3) is 0 Å². The van der Waals surface area contributed by atoms with Crippen molar-refractivity contribution in [2.75, 3.05) is 24.5 Å². The van der Waals surface area contributed by atoms with Crippen LogP contribution in [0.3, 0.4) is 0 Å². The highest BCUT2D eigenvalue weighted by molar-refractivity contribution is 5.82. The molecular formula is C19H22N4O. The molecule has 0 atom stereocenters. The largest absolute Gasteiger partial charge is 0.345 e. The Balaban J connectivity index is 1.45. The van der Waals surface area contributed by atoms with Crippen molar-refractivity contribution in [2.24, 2.45) is 0 Å². The second-order valence-corrected chi connectivity index (χ2v) is 6.72. The summed E-state index contributed by atoms with van der Waals surface area (Å²) in [6, 6.07) is 12.1. The number of carbonyl (C=O) groups excluding carboxylic acids is 1. The third-order valence-corrected chi connectivity index (χ3v) is 4.66. The van der Waals surface area contributed by atoms with E-state index in [1.807, 2.05) is 36.1 Å². The highest BCUT2D eigenvalue weighted by Gasteiger charge is 2.29. The Morgan fingerprint density at radius 3 is 2.62 bits per heavy atom. The molecule has 0 unspecified atom stereocenters. The number of rotatable bonds is 4. The van der Waals surface area contributed by atoms with Gasteiger partial charge in [-0.25, -0.2) is 9.97 Å². The van der Waals surface area contributed by atoms with Crippen LogP contribution in [0.2, 0.25) is 0 Å². The molecule has 4 rings (SSSR count). The van der Waals surface area contributed by atoms with Crippen molar-refractivity contribution in [3.63, 3.8) is 0 Å². The van der Waals surface area contributed by atoms with Gasteiger partial charge >= 0.3 is 0 Å². The maximum atomic E-state index is 12.5. The van der Waals surface area contributed by atoms with E-state index in [0.29, 0.717) is 19.0 Å². The molecule has 2 fully saturated rings.